The van der Waals surface area contributed by atoms with Crippen LogP contribution in [0.2, 0.25) is 0 Å². The third-order valence-electron chi connectivity index (χ3n) is 3.31. The number of carbonyl (C=O) groups is 1. The zero-order valence-corrected chi connectivity index (χ0v) is 10.5. The highest BCUT2D eigenvalue weighted by Crippen LogP contribution is 2.29. The van der Waals surface area contributed by atoms with Gasteiger partial charge in [-0.15, -0.1) is 0 Å². The van der Waals surface area contributed by atoms with Gasteiger partial charge in [-0.05, 0) is 18.8 Å². The van der Waals surface area contributed by atoms with E-state index in [9.17, 15) is 9.18 Å². The lowest BCUT2D eigenvalue weighted by atomic mass is 10.3. The Balaban J connectivity index is 1.69. The van der Waals surface area contributed by atoms with Gasteiger partial charge in [-0.25, -0.2) is 9.37 Å². The number of nitrogens with zero attached hydrogens (tertiary/aromatic N) is 2. The molecule has 2 heterocycles. The van der Waals surface area contributed by atoms with Crippen molar-refractivity contribution in [2.45, 2.75) is 12.8 Å². The number of rotatable bonds is 4. The molecule has 1 fully saturated rings. The first-order valence-corrected chi connectivity index (χ1v) is 6.46. The van der Waals surface area contributed by atoms with Gasteiger partial charge in [0.2, 0.25) is 0 Å². The van der Waals surface area contributed by atoms with E-state index in [2.05, 4.69) is 4.98 Å². The maximum absolute atomic E-state index is 13.9. The topological polar surface area (TPSA) is 42.4 Å². The molecular formula is C14H15FN2O2. The van der Waals surface area contributed by atoms with Gasteiger partial charge >= 0.3 is 0 Å². The second-order valence-electron chi connectivity index (χ2n) is 4.94. The van der Waals surface area contributed by atoms with Crippen LogP contribution in [0.4, 0.5) is 4.39 Å². The molecule has 0 unspecified atom stereocenters. The third kappa shape index (κ3) is 2.75. The minimum Gasteiger partial charge on any atom is -0.492 e. The largest absolute Gasteiger partial charge is 0.492 e. The third-order valence-corrected chi connectivity index (χ3v) is 3.31. The molecule has 1 saturated carbocycles. The molecule has 0 bridgehead atoms. The predicted octanol–water partition coefficient (Wildman–Crippen LogP) is 2.02. The number of hydrogen-bond donors (Lipinski definition) is 0. The van der Waals surface area contributed by atoms with Crippen molar-refractivity contribution in [3.8, 4) is 5.75 Å². The number of halogens is 1. The van der Waals surface area contributed by atoms with Crippen LogP contribution < -0.4 is 4.74 Å². The first kappa shape index (κ1) is 12.1. The molecule has 0 saturated heterocycles. The zero-order chi connectivity index (χ0) is 13.2. The van der Waals surface area contributed by atoms with E-state index in [0.717, 1.165) is 0 Å². The lowest BCUT2D eigenvalue weighted by Gasteiger charge is -2.15. The van der Waals surface area contributed by atoms with Crippen molar-refractivity contribution in [2.75, 3.05) is 19.7 Å². The van der Waals surface area contributed by atoms with E-state index < -0.39 is 5.82 Å². The fourth-order valence-corrected chi connectivity index (χ4v) is 1.95. The van der Waals surface area contributed by atoms with Crippen molar-refractivity contribution in [1.29, 1.82) is 0 Å². The number of aromatic nitrogens is 1. The van der Waals surface area contributed by atoms with Gasteiger partial charge in [0.25, 0.3) is 5.91 Å². The lowest BCUT2D eigenvalue weighted by Crippen LogP contribution is -2.29. The highest BCUT2D eigenvalue weighted by atomic mass is 19.1. The molecule has 0 spiro atoms. The Bertz CT molecular complexity index is 518. The van der Waals surface area contributed by atoms with Crippen LogP contribution in [0.15, 0.2) is 24.4 Å². The highest BCUT2D eigenvalue weighted by molar-refractivity contribution is 5.93. The Morgan fingerprint density at radius 1 is 1.42 bits per heavy atom. The molecule has 5 heteroatoms. The molecule has 1 amide bonds. The van der Waals surface area contributed by atoms with E-state index in [0.29, 0.717) is 31.4 Å². The van der Waals surface area contributed by atoms with Crippen LogP contribution in [0.5, 0.6) is 5.75 Å². The summed E-state index contributed by atoms with van der Waals surface area (Å²) in [7, 11) is 0. The highest BCUT2D eigenvalue weighted by Gasteiger charge is 2.24. The average molecular weight is 262 g/mol. The normalized spacial score (nSPS) is 17.8. The fourth-order valence-electron chi connectivity index (χ4n) is 1.95. The Morgan fingerprint density at radius 2 is 2.16 bits per heavy atom. The lowest BCUT2D eigenvalue weighted by molar-refractivity contribution is 0.0789. The van der Waals surface area contributed by atoms with Gasteiger partial charge in [0, 0.05) is 19.2 Å². The first-order chi connectivity index (χ1) is 9.24. The van der Waals surface area contributed by atoms with Crippen LogP contribution in [-0.4, -0.2) is 35.5 Å². The standard InChI is InChI=1S/C14H15FN2O2/c15-12-7-11(19-9-10-3-4-10)8-16-13(12)14(18)17-5-1-2-6-17/h1-2,7-8,10H,3-6,9H2. The van der Waals surface area contributed by atoms with Crippen molar-refractivity contribution in [3.05, 3.63) is 35.9 Å². The van der Waals surface area contributed by atoms with Crippen molar-refractivity contribution in [1.82, 2.24) is 9.88 Å². The maximum atomic E-state index is 13.9. The molecule has 100 valence electrons. The molecule has 3 rings (SSSR count). The van der Waals surface area contributed by atoms with Gasteiger partial charge < -0.3 is 9.64 Å². The summed E-state index contributed by atoms with van der Waals surface area (Å²) in [5.41, 5.74) is -0.137. The molecular weight excluding hydrogens is 247 g/mol. The summed E-state index contributed by atoms with van der Waals surface area (Å²) >= 11 is 0. The molecule has 4 nitrogen and oxygen atoms in total. The number of pyridine rings is 1. The predicted molar refractivity (Wildman–Crippen MR) is 67.5 cm³/mol. The Hall–Kier alpha value is -1.91. The van der Waals surface area contributed by atoms with Crippen LogP contribution in [-0.2, 0) is 0 Å². The minimum atomic E-state index is -0.620. The van der Waals surface area contributed by atoms with Crippen LogP contribution >= 0.6 is 0 Å². The molecule has 19 heavy (non-hydrogen) atoms. The van der Waals surface area contributed by atoms with Crippen LogP contribution in [0.1, 0.15) is 23.3 Å². The smallest absolute Gasteiger partial charge is 0.276 e. The van der Waals surface area contributed by atoms with Crippen LogP contribution in [0.3, 0.4) is 0 Å². The van der Waals surface area contributed by atoms with E-state index in [-0.39, 0.29) is 11.6 Å². The van der Waals surface area contributed by atoms with Gasteiger partial charge in [0.15, 0.2) is 11.5 Å². The Labute approximate surface area is 110 Å². The van der Waals surface area contributed by atoms with Crippen molar-refractivity contribution in [2.24, 2.45) is 5.92 Å². The van der Waals surface area contributed by atoms with Crippen molar-refractivity contribution in [3.63, 3.8) is 0 Å². The first-order valence-electron chi connectivity index (χ1n) is 6.46. The molecule has 0 atom stereocenters. The summed E-state index contributed by atoms with van der Waals surface area (Å²) < 4.78 is 19.3. The summed E-state index contributed by atoms with van der Waals surface area (Å²) in [4.78, 5) is 17.4. The van der Waals surface area contributed by atoms with Crippen molar-refractivity contribution >= 4 is 5.91 Å². The SMILES string of the molecule is O=C(c1ncc(OCC2CC2)cc1F)N1CC=CC1. The summed E-state index contributed by atoms with van der Waals surface area (Å²) in [6.07, 6.45) is 7.52. The second kappa shape index (κ2) is 4.99. The molecule has 1 aliphatic carbocycles. The van der Waals surface area contributed by atoms with Crippen molar-refractivity contribution < 1.29 is 13.9 Å². The van der Waals surface area contributed by atoms with Crippen LogP contribution in [0, 0.1) is 11.7 Å². The van der Waals surface area contributed by atoms with E-state index in [4.69, 9.17) is 4.74 Å². The van der Waals surface area contributed by atoms with Gasteiger partial charge in [0.05, 0.1) is 12.8 Å². The van der Waals surface area contributed by atoms with E-state index in [1.165, 1.54) is 30.0 Å². The molecule has 1 aromatic heterocycles. The summed E-state index contributed by atoms with van der Waals surface area (Å²) in [6.45, 7) is 1.63. The molecule has 2 aliphatic rings. The minimum absolute atomic E-state index is 0.137. The summed E-state index contributed by atoms with van der Waals surface area (Å²) in [5.74, 6) is -0.0121. The van der Waals surface area contributed by atoms with E-state index in [1.807, 2.05) is 12.2 Å². The molecule has 1 aromatic rings. The molecule has 0 radical (unpaired) electrons. The molecule has 1 aliphatic heterocycles. The number of ether oxygens (including phenoxy) is 1. The van der Waals surface area contributed by atoms with Gasteiger partial charge in [-0.2, -0.15) is 0 Å². The quantitative estimate of drug-likeness (QED) is 0.780. The fraction of sp³-hybridized carbons (Fsp3) is 0.429. The number of carbonyl (C=O) groups excluding carboxylic acids is 1. The number of amides is 1. The summed E-state index contributed by atoms with van der Waals surface area (Å²) in [5, 5.41) is 0. The zero-order valence-electron chi connectivity index (χ0n) is 10.5. The van der Waals surface area contributed by atoms with Gasteiger partial charge in [-0.1, -0.05) is 12.2 Å². The average Bonchev–Trinajstić information content (AvgIpc) is 3.07. The second-order valence-corrected chi connectivity index (χ2v) is 4.94. The molecule has 0 aromatic carbocycles. The van der Waals surface area contributed by atoms with Crippen LogP contribution in [0.25, 0.3) is 0 Å². The Kier molecular flexibility index (Phi) is 3.19. The Morgan fingerprint density at radius 3 is 2.79 bits per heavy atom. The van der Waals surface area contributed by atoms with E-state index in [1.54, 1.807) is 0 Å². The number of hydrogen-bond acceptors (Lipinski definition) is 3. The van der Waals surface area contributed by atoms with Gasteiger partial charge in [-0.3, -0.25) is 4.79 Å². The maximum Gasteiger partial charge on any atom is 0.276 e. The summed E-state index contributed by atoms with van der Waals surface area (Å²) in [6, 6.07) is 1.24. The van der Waals surface area contributed by atoms with E-state index >= 15 is 0 Å². The monoisotopic (exact) mass is 262 g/mol. The molecule has 0 N–H and O–H groups in total. The van der Waals surface area contributed by atoms with Gasteiger partial charge in [0.1, 0.15) is 5.75 Å².